The molecular weight excluding hydrogens is 317 g/mol. The third kappa shape index (κ3) is 1100. The molecule has 6 nitrogen and oxygen atoms in total. The summed E-state index contributed by atoms with van der Waals surface area (Å²) in [6.45, 7) is 0.889. The second-order valence-corrected chi connectivity index (χ2v) is 7.43. The molecule has 0 aromatic heterocycles. The van der Waals surface area contributed by atoms with Crippen molar-refractivity contribution in [1.82, 2.24) is 0 Å². The molecule has 0 aliphatic heterocycles. The van der Waals surface area contributed by atoms with Gasteiger partial charge in [0, 0.05) is 0 Å². The Morgan fingerprint density at radius 2 is 0.706 bits per heavy atom. The first kappa shape index (κ1) is 31.4. The molecule has 0 aromatic carbocycles. The van der Waals surface area contributed by atoms with Gasteiger partial charge in [-0.2, -0.15) is 0 Å². The van der Waals surface area contributed by atoms with E-state index in [0.29, 0.717) is 0 Å². The minimum absolute atomic E-state index is 0. The van der Waals surface area contributed by atoms with Gasteiger partial charge in [-0.25, -0.2) is 0 Å². The van der Waals surface area contributed by atoms with Crippen LogP contribution in [-0.2, 0) is 23.6 Å². The molecular formula is C6H23NaO6P2S2. The summed E-state index contributed by atoms with van der Waals surface area (Å²) in [4.78, 5) is 45.3. The quantitative estimate of drug-likeness (QED) is 0.229. The van der Waals surface area contributed by atoms with E-state index in [2.05, 4.69) is 51.3 Å². The molecule has 0 atom stereocenters. The molecule has 11 heteroatoms. The van der Waals surface area contributed by atoms with Crippen LogP contribution in [0.3, 0.4) is 0 Å². The molecule has 0 amide bonds. The van der Waals surface area contributed by atoms with Gasteiger partial charge >= 0.3 is 43.0 Å². The predicted octanol–water partition coefficient (Wildman–Crippen LogP) is -1.68. The molecule has 0 rings (SSSR count). The van der Waals surface area contributed by atoms with Crippen LogP contribution < -0.4 is 29.6 Å². The van der Waals surface area contributed by atoms with Crippen molar-refractivity contribution in [3.8, 4) is 0 Å². The van der Waals surface area contributed by atoms with Crippen LogP contribution in [0.1, 0.15) is 42.0 Å². The fraction of sp³-hybridized carbons (Fsp3) is 1.00. The van der Waals surface area contributed by atoms with Gasteiger partial charge in [0.15, 0.2) is 0 Å². The fourth-order valence-electron chi connectivity index (χ4n) is 0. The van der Waals surface area contributed by atoms with Crippen molar-refractivity contribution in [3.05, 3.63) is 0 Å². The largest absolute Gasteiger partial charge is 1.00 e. The summed E-state index contributed by atoms with van der Waals surface area (Å²) in [5.74, 6) is 0. The zero-order valence-corrected chi connectivity index (χ0v) is 16.2. The van der Waals surface area contributed by atoms with Gasteiger partial charge < -0.3 is 30.8 Å². The fourth-order valence-corrected chi connectivity index (χ4v) is 0. The molecule has 0 heterocycles. The predicted molar refractivity (Wildman–Crippen MR) is 74.9 cm³/mol. The van der Waals surface area contributed by atoms with Crippen molar-refractivity contribution in [2.75, 3.05) is 0 Å². The summed E-state index contributed by atoms with van der Waals surface area (Å²) in [6, 6.07) is 0. The summed E-state index contributed by atoms with van der Waals surface area (Å²) >= 11 is 7.21. The summed E-state index contributed by atoms with van der Waals surface area (Å²) in [5.41, 5.74) is 0. The summed E-state index contributed by atoms with van der Waals surface area (Å²) < 4.78 is 0. The van der Waals surface area contributed by atoms with Crippen LogP contribution in [-0.4, -0.2) is 29.4 Å². The van der Waals surface area contributed by atoms with Gasteiger partial charge in [-0.05, 0) is 23.6 Å². The van der Waals surface area contributed by atoms with Crippen molar-refractivity contribution in [2.24, 2.45) is 0 Å². The van der Waals surface area contributed by atoms with E-state index >= 15 is 0 Å². The topological polar surface area (TPSA) is 121 Å². The molecule has 0 unspecified atom stereocenters. The van der Waals surface area contributed by atoms with Gasteiger partial charge in [0.25, 0.3) is 0 Å². The van der Waals surface area contributed by atoms with E-state index in [1.54, 1.807) is 0 Å². The third-order valence-electron chi connectivity index (χ3n) is 0. The maximum Gasteiger partial charge on any atom is 1.00 e. The Hall–Kier alpha value is 2.06. The summed E-state index contributed by atoms with van der Waals surface area (Å²) in [5, 5.41) is 0. The van der Waals surface area contributed by atoms with E-state index < -0.39 is 13.4 Å². The molecule has 0 saturated heterocycles. The van der Waals surface area contributed by atoms with E-state index in [-0.39, 0.29) is 31.0 Å². The van der Waals surface area contributed by atoms with Crippen molar-refractivity contribution < 1.29 is 60.3 Å². The molecule has 0 spiro atoms. The van der Waals surface area contributed by atoms with E-state index in [0.717, 1.165) is 0 Å². The van der Waals surface area contributed by atoms with Crippen molar-refractivity contribution in [1.29, 1.82) is 0 Å². The molecule has 0 aromatic rings. The van der Waals surface area contributed by atoms with Crippen LogP contribution in [0.4, 0.5) is 0 Å². The third-order valence-corrected chi connectivity index (χ3v) is 0. The number of rotatable bonds is 0. The SMILES string of the molecule is CCC.CCC.OP(O)(O)=S.OP(O)(O)=S.[H-].[Na+]. The zero-order chi connectivity index (χ0) is 14.4. The minimum Gasteiger partial charge on any atom is -1.00 e. The minimum atomic E-state index is -3.81. The maximum absolute atomic E-state index is 7.56. The Balaban J connectivity index is -0.0000000265. The van der Waals surface area contributed by atoms with Gasteiger partial charge in [-0.1, -0.05) is 40.5 Å². The van der Waals surface area contributed by atoms with Crippen LogP contribution in [0, 0.1) is 0 Å². The summed E-state index contributed by atoms with van der Waals surface area (Å²) in [7, 11) is 0. The molecule has 0 saturated carbocycles. The molecule has 106 valence electrons. The smallest absolute Gasteiger partial charge is 1.00 e. The van der Waals surface area contributed by atoms with Crippen LogP contribution in [0.2, 0.25) is 0 Å². The Morgan fingerprint density at radius 3 is 0.706 bits per heavy atom. The van der Waals surface area contributed by atoms with Crippen LogP contribution in [0.25, 0.3) is 0 Å². The van der Waals surface area contributed by atoms with Gasteiger partial charge in [0.1, 0.15) is 0 Å². The second-order valence-electron chi connectivity index (χ2n) is 2.44. The molecule has 6 N–H and O–H groups in total. The van der Waals surface area contributed by atoms with E-state index in [1.165, 1.54) is 12.8 Å². The van der Waals surface area contributed by atoms with E-state index in [9.17, 15) is 0 Å². The van der Waals surface area contributed by atoms with Gasteiger partial charge in [0.2, 0.25) is 0 Å². The first-order chi connectivity index (χ1) is 6.83. The van der Waals surface area contributed by atoms with E-state index in [4.69, 9.17) is 29.4 Å². The molecule has 0 aliphatic carbocycles. The monoisotopic (exact) mass is 340 g/mol. The zero-order valence-electron chi connectivity index (χ0n) is 11.8. The van der Waals surface area contributed by atoms with Gasteiger partial charge in [-0.15, -0.1) is 0 Å². The Morgan fingerprint density at radius 1 is 0.706 bits per heavy atom. The van der Waals surface area contributed by atoms with Crippen LogP contribution in [0.15, 0.2) is 0 Å². The standard InChI is InChI=1S/2C3H8.Na.2H3O3PS.H/c2*1-3-2;;2*1-4(2,3)5;/h2*3H2,1-2H3;;2*(H3,1,2,3,5);/q;;+1;;;-1. The average molecular weight is 340 g/mol. The number of hydrogen-bond acceptors (Lipinski definition) is 2. The molecule has 17 heavy (non-hydrogen) atoms. The molecule has 0 radical (unpaired) electrons. The van der Waals surface area contributed by atoms with Crippen molar-refractivity contribution in [3.63, 3.8) is 0 Å². The number of hydrogen-bond donors (Lipinski definition) is 6. The Bertz CT molecular complexity index is 174. The van der Waals surface area contributed by atoms with Gasteiger partial charge in [-0.3, -0.25) is 0 Å². The maximum atomic E-state index is 7.56. The molecule has 0 fully saturated rings. The van der Waals surface area contributed by atoms with Gasteiger partial charge in [0.05, 0.1) is 0 Å². The first-order valence-electron chi connectivity index (χ1n) is 4.39. The van der Waals surface area contributed by atoms with Crippen molar-refractivity contribution in [2.45, 2.75) is 40.5 Å². The first-order valence-corrected chi connectivity index (χ1v) is 9.71. The average Bonchev–Trinajstić information content (AvgIpc) is 1.79. The van der Waals surface area contributed by atoms with Crippen molar-refractivity contribution >= 4 is 37.1 Å². The Kier molecular flexibility index (Phi) is 37.7. The normalized spacial score (nSPS) is 9.06. The molecule has 0 bridgehead atoms. The van der Waals surface area contributed by atoms with Crippen LogP contribution >= 0.6 is 13.4 Å². The Labute approximate surface area is 137 Å². The van der Waals surface area contributed by atoms with Crippen LogP contribution in [0.5, 0.6) is 0 Å². The summed E-state index contributed by atoms with van der Waals surface area (Å²) in [6.07, 6.45) is 2.50. The van der Waals surface area contributed by atoms with E-state index in [1.807, 2.05) is 0 Å². The molecule has 0 aliphatic rings. The second kappa shape index (κ2) is 20.4.